The highest BCUT2D eigenvalue weighted by molar-refractivity contribution is 9.10. The van der Waals surface area contributed by atoms with Crippen LogP contribution in [0.5, 0.6) is 0 Å². The van der Waals surface area contributed by atoms with Gasteiger partial charge >= 0.3 is 12.0 Å². The number of amides is 2. The number of thioether (sulfide) groups is 1. The number of anilines is 1. The van der Waals surface area contributed by atoms with Gasteiger partial charge in [-0.05, 0) is 40.5 Å². The molecule has 1 atom stereocenters. The minimum Gasteiger partial charge on any atom is -0.480 e. The van der Waals surface area contributed by atoms with Gasteiger partial charge in [0.2, 0.25) is 0 Å². The quantitative estimate of drug-likeness (QED) is 0.865. The zero-order valence-electron chi connectivity index (χ0n) is 10.2. The number of nitrogens with zero attached hydrogens (tertiary/aromatic N) is 1. The van der Waals surface area contributed by atoms with Gasteiger partial charge in [0, 0.05) is 10.2 Å². The molecule has 1 saturated heterocycles. The number of rotatable bonds is 2. The number of aryl methyl sites for hydroxylation is 1. The Labute approximate surface area is 123 Å². The van der Waals surface area contributed by atoms with Gasteiger partial charge in [-0.15, -0.1) is 11.8 Å². The normalized spacial score (nSPS) is 18.4. The van der Waals surface area contributed by atoms with Gasteiger partial charge < -0.3 is 15.3 Å². The number of hydrogen-bond donors (Lipinski definition) is 2. The van der Waals surface area contributed by atoms with E-state index >= 15 is 0 Å². The maximum absolute atomic E-state index is 12.1. The van der Waals surface area contributed by atoms with Crippen molar-refractivity contribution >= 4 is 45.4 Å². The smallest absolute Gasteiger partial charge is 0.327 e. The van der Waals surface area contributed by atoms with Crippen LogP contribution >= 0.6 is 27.7 Å². The fraction of sp³-hybridized carbons (Fsp3) is 0.333. The molecule has 1 aromatic rings. The molecule has 1 unspecified atom stereocenters. The molecular weight excluding hydrogens is 332 g/mol. The molecule has 0 bridgehead atoms. The second-order valence-electron chi connectivity index (χ2n) is 4.24. The Morgan fingerprint density at radius 1 is 1.53 bits per heavy atom. The fourth-order valence-corrected chi connectivity index (χ4v) is 3.26. The molecule has 1 aliphatic rings. The number of aliphatic carboxylic acids is 1. The van der Waals surface area contributed by atoms with Crippen LogP contribution in [0, 0.1) is 6.92 Å². The van der Waals surface area contributed by atoms with E-state index < -0.39 is 12.0 Å². The lowest BCUT2D eigenvalue weighted by atomic mass is 10.2. The molecule has 1 aliphatic heterocycles. The summed E-state index contributed by atoms with van der Waals surface area (Å²) in [6.45, 7) is 1.92. The van der Waals surface area contributed by atoms with Gasteiger partial charge in [0.1, 0.15) is 6.04 Å². The molecule has 7 heteroatoms. The van der Waals surface area contributed by atoms with E-state index in [0.717, 1.165) is 10.0 Å². The number of carboxylic acid groups (broad SMARTS) is 1. The van der Waals surface area contributed by atoms with Crippen molar-refractivity contribution in [2.45, 2.75) is 13.0 Å². The van der Waals surface area contributed by atoms with E-state index in [1.807, 2.05) is 25.1 Å². The van der Waals surface area contributed by atoms with Gasteiger partial charge in [-0.2, -0.15) is 0 Å². The molecule has 0 saturated carbocycles. The van der Waals surface area contributed by atoms with E-state index in [1.165, 1.54) is 16.7 Å². The maximum Gasteiger partial charge on any atom is 0.327 e. The number of carbonyl (C=O) groups is 2. The third-order valence-corrected chi connectivity index (χ3v) is 4.50. The molecule has 0 aliphatic carbocycles. The summed E-state index contributed by atoms with van der Waals surface area (Å²) in [5.74, 6) is -0.146. The van der Waals surface area contributed by atoms with Crippen LogP contribution in [0.3, 0.4) is 0 Å². The largest absolute Gasteiger partial charge is 0.480 e. The van der Waals surface area contributed by atoms with Crippen molar-refractivity contribution < 1.29 is 14.7 Å². The second-order valence-corrected chi connectivity index (χ2v) is 6.09. The SMILES string of the molecule is Cc1ccc(Br)c(NC(=O)N2CSCC2C(=O)O)c1. The van der Waals surface area contributed by atoms with Crippen LogP contribution in [0.25, 0.3) is 0 Å². The van der Waals surface area contributed by atoms with E-state index in [1.54, 1.807) is 0 Å². The summed E-state index contributed by atoms with van der Waals surface area (Å²) in [5, 5.41) is 11.8. The summed E-state index contributed by atoms with van der Waals surface area (Å²) < 4.78 is 0.769. The zero-order valence-corrected chi connectivity index (χ0v) is 12.6. The Bertz CT molecular complexity index is 524. The Balaban J connectivity index is 2.12. The van der Waals surface area contributed by atoms with E-state index in [9.17, 15) is 9.59 Å². The van der Waals surface area contributed by atoms with Gasteiger partial charge in [0.25, 0.3) is 0 Å². The standard InChI is InChI=1S/C12H13BrN2O3S/c1-7-2-3-8(13)9(4-7)14-12(18)15-6-19-5-10(15)11(16)17/h2-4,10H,5-6H2,1H3,(H,14,18)(H,16,17). The molecule has 1 fully saturated rings. The van der Waals surface area contributed by atoms with Gasteiger partial charge in [-0.3, -0.25) is 0 Å². The third-order valence-electron chi connectivity index (χ3n) is 2.79. The molecule has 1 aromatic carbocycles. The van der Waals surface area contributed by atoms with E-state index in [0.29, 0.717) is 17.3 Å². The topological polar surface area (TPSA) is 69.6 Å². The summed E-state index contributed by atoms with van der Waals surface area (Å²) >= 11 is 4.79. The number of carbonyl (C=O) groups excluding carboxylic acids is 1. The van der Waals surface area contributed by atoms with Crippen molar-refractivity contribution in [2.24, 2.45) is 0 Å². The average Bonchev–Trinajstić information content (AvgIpc) is 2.83. The first-order valence-corrected chi connectivity index (χ1v) is 7.58. The van der Waals surface area contributed by atoms with Crippen molar-refractivity contribution in [1.29, 1.82) is 0 Å². The fourth-order valence-electron chi connectivity index (χ4n) is 1.77. The van der Waals surface area contributed by atoms with Crippen LogP contribution in [0.4, 0.5) is 10.5 Å². The van der Waals surface area contributed by atoms with Crippen molar-refractivity contribution in [3.63, 3.8) is 0 Å². The summed E-state index contributed by atoms with van der Waals surface area (Å²) in [6.07, 6.45) is 0. The number of nitrogens with one attached hydrogen (secondary N) is 1. The average molecular weight is 345 g/mol. The number of urea groups is 1. The van der Waals surface area contributed by atoms with E-state index in [2.05, 4.69) is 21.2 Å². The van der Waals surface area contributed by atoms with Crippen molar-refractivity contribution in [2.75, 3.05) is 16.9 Å². The van der Waals surface area contributed by atoms with Crippen LogP contribution in [0.15, 0.2) is 22.7 Å². The zero-order chi connectivity index (χ0) is 14.0. The number of hydrogen-bond acceptors (Lipinski definition) is 3. The van der Waals surface area contributed by atoms with Crippen molar-refractivity contribution in [1.82, 2.24) is 4.90 Å². The predicted octanol–water partition coefficient (Wildman–Crippen LogP) is 2.75. The number of halogens is 1. The molecule has 19 heavy (non-hydrogen) atoms. The first-order valence-electron chi connectivity index (χ1n) is 5.63. The summed E-state index contributed by atoms with van der Waals surface area (Å²) in [5.41, 5.74) is 1.66. The van der Waals surface area contributed by atoms with Crippen LogP contribution in [-0.4, -0.2) is 39.7 Å². The molecule has 0 radical (unpaired) electrons. The maximum atomic E-state index is 12.1. The summed E-state index contributed by atoms with van der Waals surface area (Å²) in [7, 11) is 0. The van der Waals surface area contributed by atoms with Crippen molar-refractivity contribution in [3.05, 3.63) is 28.2 Å². The Kier molecular flexibility index (Phi) is 4.36. The summed E-state index contributed by atoms with van der Waals surface area (Å²) in [4.78, 5) is 24.5. The van der Waals surface area contributed by atoms with Crippen LogP contribution < -0.4 is 5.32 Å². The minimum atomic E-state index is -0.969. The molecule has 0 spiro atoms. The lowest BCUT2D eigenvalue weighted by Crippen LogP contribution is -2.44. The monoisotopic (exact) mass is 344 g/mol. The van der Waals surface area contributed by atoms with Gasteiger partial charge in [0.15, 0.2) is 0 Å². The van der Waals surface area contributed by atoms with Crippen LogP contribution in [0.1, 0.15) is 5.56 Å². The minimum absolute atomic E-state index is 0.385. The predicted molar refractivity (Wildman–Crippen MR) is 78.5 cm³/mol. The second kappa shape index (κ2) is 5.83. The van der Waals surface area contributed by atoms with Crippen molar-refractivity contribution in [3.8, 4) is 0 Å². The van der Waals surface area contributed by atoms with Gasteiger partial charge in [0.05, 0.1) is 11.6 Å². The Morgan fingerprint density at radius 3 is 2.95 bits per heavy atom. The number of carboxylic acids is 1. The molecule has 1 heterocycles. The highest BCUT2D eigenvalue weighted by atomic mass is 79.9. The van der Waals surface area contributed by atoms with Crippen LogP contribution in [0.2, 0.25) is 0 Å². The molecule has 2 rings (SSSR count). The number of benzene rings is 1. The molecule has 2 amide bonds. The highest BCUT2D eigenvalue weighted by Gasteiger charge is 2.34. The van der Waals surface area contributed by atoms with Crippen LogP contribution in [-0.2, 0) is 4.79 Å². The van der Waals surface area contributed by atoms with Gasteiger partial charge in [-0.1, -0.05) is 6.07 Å². The first-order chi connectivity index (χ1) is 8.99. The third kappa shape index (κ3) is 3.22. The molecule has 2 N–H and O–H groups in total. The molecular formula is C12H13BrN2O3S. The van der Waals surface area contributed by atoms with E-state index in [4.69, 9.17) is 5.11 Å². The van der Waals surface area contributed by atoms with E-state index in [-0.39, 0.29) is 6.03 Å². The van der Waals surface area contributed by atoms with Gasteiger partial charge in [-0.25, -0.2) is 9.59 Å². The first kappa shape index (κ1) is 14.2. The molecule has 0 aromatic heterocycles. The Morgan fingerprint density at radius 2 is 2.26 bits per heavy atom. The lowest BCUT2D eigenvalue weighted by Gasteiger charge is -2.21. The molecule has 5 nitrogen and oxygen atoms in total. The lowest BCUT2D eigenvalue weighted by molar-refractivity contribution is -0.140. The molecule has 102 valence electrons. The Hall–Kier alpha value is -1.21. The summed E-state index contributed by atoms with van der Waals surface area (Å²) in [6, 6.07) is 4.46. The highest BCUT2D eigenvalue weighted by Crippen LogP contribution is 2.26.